The summed E-state index contributed by atoms with van der Waals surface area (Å²) in [5.41, 5.74) is 0.876. The lowest BCUT2D eigenvalue weighted by atomic mass is 10.2. The molecular weight excluding hydrogens is 166 g/mol. The molecule has 2 N–H and O–H groups in total. The monoisotopic (exact) mass is 183 g/mol. The number of hydrogen-bond acceptors (Lipinski definition) is 2. The summed E-state index contributed by atoms with van der Waals surface area (Å²) in [5, 5.41) is 11.7. The second-order valence-corrected chi connectivity index (χ2v) is 3.93. The van der Waals surface area contributed by atoms with Crippen molar-refractivity contribution >= 4 is 5.97 Å². The highest BCUT2D eigenvalue weighted by Crippen LogP contribution is 2.36. The minimum absolute atomic E-state index is 0.690. The van der Waals surface area contributed by atoms with Crippen molar-refractivity contribution in [2.24, 2.45) is 11.8 Å². The van der Waals surface area contributed by atoms with Crippen LogP contribution >= 0.6 is 0 Å². The van der Waals surface area contributed by atoms with Gasteiger partial charge < -0.3 is 10.4 Å². The summed E-state index contributed by atoms with van der Waals surface area (Å²) in [5.74, 6) is 0.813. The van der Waals surface area contributed by atoms with Crippen LogP contribution in [0.15, 0.2) is 11.6 Å². The van der Waals surface area contributed by atoms with Gasteiger partial charge in [-0.2, -0.15) is 0 Å². The number of aliphatic carboxylic acids is 1. The summed E-state index contributed by atoms with van der Waals surface area (Å²) in [4.78, 5) is 10.3. The number of carbonyl (C=O) groups is 1. The molecule has 0 bridgehead atoms. The summed E-state index contributed by atoms with van der Waals surface area (Å²) in [6.45, 7) is 5.78. The van der Waals surface area contributed by atoms with Gasteiger partial charge in [0.25, 0.3) is 0 Å². The van der Waals surface area contributed by atoms with E-state index in [-0.39, 0.29) is 0 Å². The standard InChI is InChI=1S/C10H17NO2/c1-7(3-10(12)13)5-11-6-9-4-8(9)2/h3,8-9,11H,4-6H2,1-2H3,(H,12,13). The minimum Gasteiger partial charge on any atom is -0.478 e. The largest absolute Gasteiger partial charge is 0.478 e. The third kappa shape index (κ3) is 4.08. The lowest BCUT2D eigenvalue weighted by Gasteiger charge is -2.02. The smallest absolute Gasteiger partial charge is 0.328 e. The first-order valence-corrected chi connectivity index (χ1v) is 4.70. The second kappa shape index (κ2) is 4.42. The van der Waals surface area contributed by atoms with Crippen LogP contribution in [-0.2, 0) is 4.79 Å². The van der Waals surface area contributed by atoms with Crippen molar-refractivity contribution < 1.29 is 9.90 Å². The van der Waals surface area contributed by atoms with E-state index >= 15 is 0 Å². The predicted octanol–water partition coefficient (Wildman–Crippen LogP) is 1.26. The number of hydrogen-bond donors (Lipinski definition) is 2. The van der Waals surface area contributed by atoms with E-state index in [1.807, 2.05) is 6.92 Å². The Hall–Kier alpha value is -0.830. The molecule has 0 amide bonds. The van der Waals surface area contributed by atoms with Gasteiger partial charge in [0.2, 0.25) is 0 Å². The Labute approximate surface area is 78.8 Å². The van der Waals surface area contributed by atoms with Crippen LogP contribution in [0.4, 0.5) is 0 Å². The van der Waals surface area contributed by atoms with E-state index in [1.54, 1.807) is 0 Å². The Bertz CT molecular complexity index is 223. The number of nitrogens with one attached hydrogen (secondary N) is 1. The zero-order chi connectivity index (χ0) is 9.84. The maximum atomic E-state index is 10.3. The molecule has 1 saturated carbocycles. The SMILES string of the molecule is CC(=CC(=O)O)CNCC1CC1C. The molecule has 13 heavy (non-hydrogen) atoms. The van der Waals surface area contributed by atoms with E-state index in [1.165, 1.54) is 12.5 Å². The summed E-state index contributed by atoms with van der Waals surface area (Å²) in [6, 6.07) is 0. The molecule has 0 aromatic carbocycles. The Morgan fingerprint density at radius 2 is 2.31 bits per heavy atom. The van der Waals surface area contributed by atoms with Crippen LogP contribution < -0.4 is 5.32 Å². The molecule has 2 atom stereocenters. The van der Waals surface area contributed by atoms with Gasteiger partial charge in [-0.15, -0.1) is 0 Å². The highest BCUT2D eigenvalue weighted by molar-refractivity contribution is 5.80. The number of carboxylic acids is 1. The van der Waals surface area contributed by atoms with Gasteiger partial charge in [0, 0.05) is 12.6 Å². The van der Waals surface area contributed by atoms with Gasteiger partial charge in [-0.05, 0) is 31.7 Å². The van der Waals surface area contributed by atoms with Crippen LogP contribution in [0.3, 0.4) is 0 Å². The summed E-state index contributed by atoms with van der Waals surface area (Å²) < 4.78 is 0. The Kier molecular flexibility index (Phi) is 3.48. The van der Waals surface area contributed by atoms with Gasteiger partial charge in [0.05, 0.1) is 0 Å². The molecule has 0 aromatic heterocycles. The fourth-order valence-electron chi connectivity index (χ4n) is 1.40. The van der Waals surface area contributed by atoms with Crippen LogP contribution in [0, 0.1) is 11.8 Å². The first-order chi connectivity index (χ1) is 6.09. The van der Waals surface area contributed by atoms with E-state index < -0.39 is 5.97 Å². The van der Waals surface area contributed by atoms with Gasteiger partial charge in [0.1, 0.15) is 0 Å². The first-order valence-electron chi connectivity index (χ1n) is 4.70. The fourth-order valence-corrected chi connectivity index (χ4v) is 1.40. The van der Waals surface area contributed by atoms with Crippen molar-refractivity contribution in [1.29, 1.82) is 0 Å². The molecule has 0 aliphatic heterocycles. The Morgan fingerprint density at radius 3 is 2.77 bits per heavy atom. The molecule has 1 aliphatic carbocycles. The second-order valence-electron chi connectivity index (χ2n) is 3.93. The average Bonchev–Trinajstić information content (AvgIpc) is 2.64. The molecule has 0 saturated heterocycles. The molecule has 1 rings (SSSR count). The molecule has 0 aromatic rings. The van der Waals surface area contributed by atoms with E-state index in [9.17, 15) is 4.79 Å². The van der Waals surface area contributed by atoms with Crippen LogP contribution in [0.25, 0.3) is 0 Å². The van der Waals surface area contributed by atoms with Gasteiger partial charge in [-0.25, -0.2) is 4.79 Å². The van der Waals surface area contributed by atoms with Crippen molar-refractivity contribution in [2.75, 3.05) is 13.1 Å². The minimum atomic E-state index is -0.862. The van der Waals surface area contributed by atoms with Crippen molar-refractivity contribution in [3.05, 3.63) is 11.6 Å². The van der Waals surface area contributed by atoms with E-state index in [2.05, 4.69) is 12.2 Å². The lowest BCUT2D eigenvalue weighted by Crippen LogP contribution is -2.19. The van der Waals surface area contributed by atoms with Gasteiger partial charge in [0.15, 0.2) is 0 Å². The molecule has 1 aliphatic rings. The lowest BCUT2D eigenvalue weighted by molar-refractivity contribution is -0.131. The van der Waals surface area contributed by atoms with Crippen LogP contribution in [0.2, 0.25) is 0 Å². The molecule has 0 heterocycles. The van der Waals surface area contributed by atoms with Crippen LogP contribution in [0.5, 0.6) is 0 Å². The van der Waals surface area contributed by atoms with Crippen molar-refractivity contribution in [1.82, 2.24) is 5.32 Å². The maximum absolute atomic E-state index is 10.3. The van der Waals surface area contributed by atoms with Crippen molar-refractivity contribution in [3.8, 4) is 0 Å². The highest BCUT2D eigenvalue weighted by Gasteiger charge is 2.31. The van der Waals surface area contributed by atoms with Gasteiger partial charge in [-0.1, -0.05) is 12.5 Å². The fraction of sp³-hybridized carbons (Fsp3) is 0.700. The zero-order valence-corrected chi connectivity index (χ0v) is 8.21. The number of rotatable bonds is 5. The molecule has 3 heteroatoms. The third-order valence-electron chi connectivity index (χ3n) is 2.46. The van der Waals surface area contributed by atoms with Crippen molar-refractivity contribution in [3.63, 3.8) is 0 Å². The van der Waals surface area contributed by atoms with Gasteiger partial charge >= 0.3 is 5.97 Å². The quantitative estimate of drug-likeness (QED) is 0.631. The average molecular weight is 183 g/mol. The molecule has 2 unspecified atom stereocenters. The highest BCUT2D eigenvalue weighted by atomic mass is 16.4. The van der Waals surface area contributed by atoms with Crippen LogP contribution in [0.1, 0.15) is 20.3 Å². The molecule has 74 valence electrons. The first kappa shape index (κ1) is 10.3. The molecule has 0 radical (unpaired) electrons. The zero-order valence-electron chi connectivity index (χ0n) is 8.21. The predicted molar refractivity (Wildman–Crippen MR) is 51.5 cm³/mol. The van der Waals surface area contributed by atoms with E-state index in [4.69, 9.17) is 5.11 Å². The van der Waals surface area contributed by atoms with E-state index in [0.29, 0.717) is 6.54 Å². The molecular formula is C10H17NO2. The normalized spacial score (nSPS) is 27.4. The molecule has 0 spiro atoms. The van der Waals surface area contributed by atoms with E-state index in [0.717, 1.165) is 24.0 Å². The van der Waals surface area contributed by atoms with Gasteiger partial charge in [-0.3, -0.25) is 0 Å². The van der Waals surface area contributed by atoms with Crippen molar-refractivity contribution in [2.45, 2.75) is 20.3 Å². The topological polar surface area (TPSA) is 49.3 Å². The molecule has 3 nitrogen and oxygen atoms in total. The molecule has 1 fully saturated rings. The third-order valence-corrected chi connectivity index (χ3v) is 2.46. The maximum Gasteiger partial charge on any atom is 0.328 e. The summed E-state index contributed by atoms with van der Waals surface area (Å²) in [7, 11) is 0. The Morgan fingerprint density at radius 1 is 1.69 bits per heavy atom. The van der Waals surface area contributed by atoms with Crippen LogP contribution in [-0.4, -0.2) is 24.2 Å². The number of carboxylic acid groups (broad SMARTS) is 1. The summed E-state index contributed by atoms with van der Waals surface area (Å²) in [6.07, 6.45) is 2.57. The Balaban J connectivity index is 2.08. The summed E-state index contributed by atoms with van der Waals surface area (Å²) >= 11 is 0.